The summed E-state index contributed by atoms with van der Waals surface area (Å²) < 4.78 is 0. The molecule has 0 aromatic carbocycles. The Morgan fingerprint density at radius 1 is 1.67 bits per heavy atom. The molecule has 0 spiro atoms. The first-order valence-electron chi connectivity index (χ1n) is 2.96. The molecule has 6 nitrogen and oxygen atoms in total. The van der Waals surface area contributed by atoms with Gasteiger partial charge in [0.05, 0.1) is 10.8 Å². The molecular formula is C5H5ClN4O2. The van der Waals surface area contributed by atoms with Gasteiger partial charge in [0.1, 0.15) is 12.0 Å². The predicted octanol–water partition coefficient (Wildman–Crippen LogP) is 0.706. The fourth-order valence-corrected chi connectivity index (χ4v) is 0.923. The Bertz CT molecular complexity index is 316. The highest BCUT2D eigenvalue weighted by atomic mass is 35.5. The Labute approximate surface area is 72.5 Å². The highest BCUT2D eigenvalue weighted by Crippen LogP contribution is 2.22. The average molecular weight is 189 g/mol. The largest absolute Gasteiger partial charge is 0.378 e. The van der Waals surface area contributed by atoms with Gasteiger partial charge in [0.15, 0.2) is 0 Å². The number of nitro groups is 1. The van der Waals surface area contributed by atoms with E-state index in [0.717, 1.165) is 6.33 Å². The van der Waals surface area contributed by atoms with Crippen molar-refractivity contribution in [1.29, 1.82) is 0 Å². The van der Waals surface area contributed by atoms with E-state index in [4.69, 9.17) is 17.3 Å². The predicted molar refractivity (Wildman–Crippen MR) is 42.7 cm³/mol. The molecule has 1 heterocycles. The number of hydrogen-bond acceptors (Lipinski definition) is 5. The molecule has 64 valence electrons. The van der Waals surface area contributed by atoms with Crippen LogP contribution in [0.3, 0.4) is 0 Å². The second kappa shape index (κ2) is 3.31. The Morgan fingerprint density at radius 2 is 2.33 bits per heavy atom. The van der Waals surface area contributed by atoms with Gasteiger partial charge < -0.3 is 5.73 Å². The van der Waals surface area contributed by atoms with Crippen LogP contribution in [0, 0.1) is 10.1 Å². The van der Waals surface area contributed by atoms with Gasteiger partial charge in [-0.2, -0.15) is 0 Å². The van der Waals surface area contributed by atoms with Crippen molar-refractivity contribution in [2.75, 3.05) is 5.73 Å². The summed E-state index contributed by atoms with van der Waals surface area (Å²) in [4.78, 5) is 16.8. The standard InChI is InChI=1S/C5H5ClN4O2/c6-1-3-4(10(11)12)5(7)9-2-8-3/h2H,1H2,(H2,7,8,9). The fraction of sp³-hybridized carbons (Fsp3) is 0.200. The van der Waals surface area contributed by atoms with Crippen molar-refractivity contribution in [2.45, 2.75) is 5.88 Å². The molecule has 12 heavy (non-hydrogen) atoms. The van der Waals surface area contributed by atoms with E-state index in [0.29, 0.717) is 0 Å². The third kappa shape index (κ3) is 1.42. The van der Waals surface area contributed by atoms with Crippen molar-refractivity contribution >= 4 is 23.1 Å². The van der Waals surface area contributed by atoms with Crippen molar-refractivity contribution in [3.63, 3.8) is 0 Å². The zero-order chi connectivity index (χ0) is 9.14. The SMILES string of the molecule is Nc1ncnc(CCl)c1[N+](=O)[O-]. The lowest BCUT2D eigenvalue weighted by atomic mass is 10.3. The van der Waals surface area contributed by atoms with Crippen LogP contribution in [0.5, 0.6) is 0 Å². The van der Waals surface area contributed by atoms with Gasteiger partial charge in [0.25, 0.3) is 0 Å². The van der Waals surface area contributed by atoms with Crippen LogP contribution in [0.2, 0.25) is 0 Å². The summed E-state index contributed by atoms with van der Waals surface area (Å²) in [5, 5.41) is 10.4. The summed E-state index contributed by atoms with van der Waals surface area (Å²) in [5.41, 5.74) is 5.07. The first-order valence-corrected chi connectivity index (χ1v) is 3.50. The summed E-state index contributed by atoms with van der Waals surface area (Å²) in [7, 11) is 0. The minimum Gasteiger partial charge on any atom is -0.378 e. The van der Waals surface area contributed by atoms with E-state index in [-0.39, 0.29) is 23.1 Å². The monoisotopic (exact) mass is 188 g/mol. The van der Waals surface area contributed by atoms with Gasteiger partial charge in [-0.1, -0.05) is 0 Å². The number of halogens is 1. The number of nitrogens with zero attached hydrogens (tertiary/aromatic N) is 3. The van der Waals surface area contributed by atoms with Crippen molar-refractivity contribution < 1.29 is 4.92 Å². The van der Waals surface area contributed by atoms with Gasteiger partial charge in [-0.05, 0) is 0 Å². The van der Waals surface area contributed by atoms with Crippen LogP contribution < -0.4 is 5.73 Å². The summed E-state index contributed by atoms with van der Waals surface area (Å²) in [5.74, 6) is -0.214. The van der Waals surface area contributed by atoms with Crippen molar-refractivity contribution in [3.05, 3.63) is 22.1 Å². The van der Waals surface area contributed by atoms with Gasteiger partial charge in [-0.15, -0.1) is 11.6 Å². The quantitative estimate of drug-likeness (QED) is 0.419. The molecule has 0 saturated carbocycles. The molecule has 0 aliphatic rings. The van der Waals surface area contributed by atoms with E-state index in [2.05, 4.69) is 9.97 Å². The second-order valence-corrected chi connectivity index (χ2v) is 2.21. The van der Waals surface area contributed by atoms with Crippen LogP contribution in [0.25, 0.3) is 0 Å². The van der Waals surface area contributed by atoms with Gasteiger partial charge in [-0.25, -0.2) is 9.97 Å². The van der Waals surface area contributed by atoms with Crippen LogP contribution in [0.4, 0.5) is 11.5 Å². The minimum atomic E-state index is -0.646. The zero-order valence-electron chi connectivity index (χ0n) is 5.90. The first-order chi connectivity index (χ1) is 5.66. The van der Waals surface area contributed by atoms with Crippen LogP contribution in [-0.2, 0) is 5.88 Å². The van der Waals surface area contributed by atoms with Crippen LogP contribution in [0.1, 0.15) is 5.69 Å². The van der Waals surface area contributed by atoms with Crippen LogP contribution in [-0.4, -0.2) is 14.9 Å². The Morgan fingerprint density at radius 3 is 2.75 bits per heavy atom. The Kier molecular flexibility index (Phi) is 2.39. The molecule has 0 bridgehead atoms. The topological polar surface area (TPSA) is 94.9 Å². The molecule has 7 heteroatoms. The van der Waals surface area contributed by atoms with E-state index >= 15 is 0 Å². The molecule has 0 radical (unpaired) electrons. The fourth-order valence-electron chi connectivity index (χ4n) is 0.728. The van der Waals surface area contributed by atoms with Gasteiger partial charge >= 0.3 is 5.69 Å². The first kappa shape index (κ1) is 8.66. The van der Waals surface area contributed by atoms with E-state index in [1.165, 1.54) is 0 Å². The number of hydrogen-bond donors (Lipinski definition) is 1. The summed E-state index contributed by atoms with van der Waals surface area (Å²) in [6.45, 7) is 0. The van der Waals surface area contributed by atoms with Gasteiger partial charge in [0, 0.05) is 0 Å². The normalized spacial score (nSPS) is 9.75. The second-order valence-electron chi connectivity index (χ2n) is 1.94. The average Bonchev–Trinajstić information content (AvgIpc) is 2.03. The molecule has 0 atom stereocenters. The third-order valence-corrected chi connectivity index (χ3v) is 1.49. The summed E-state index contributed by atoms with van der Waals surface area (Å²) >= 11 is 5.40. The molecule has 1 aromatic rings. The molecule has 0 saturated heterocycles. The van der Waals surface area contributed by atoms with Crippen LogP contribution >= 0.6 is 11.6 Å². The number of nitrogen functional groups attached to an aromatic ring is 1. The lowest BCUT2D eigenvalue weighted by molar-refractivity contribution is -0.385. The minimum absolute atomic E-state index is 0.0525. The molecular weight excluding hydrogens is 184 g/mol. The van der Waals surface area contributed by atoms with Gasteiger partial charge in [-0.3, -0.25) is 10.1 Å². The molecule has 1 aromatic heterocycles. The summed E-state index contributed by atoms with van der Waals surface area (Å²) in [6, 6.07) is 0. The van der Waals surface area contributed by atoms with Gasteiger partial charge in [0.2, 0.25) is 5.82 Å². The van der Waals surface area contributed by atoms with E-state index in [1.807, 2.05) is 0 Å². The maximum Gasteiger partial charge on any atom is 0.333 e. The molecule has 0 fully saturated rings. The number of rotatable bonds is 2. The summed E-state index contributed by atoms with van der Waals surface area (Å²) in [6.07, 6.45) is 1.14. The highest BCUT2D eigenvalue weighted by Gasteiger charge is 2.19. The smallest absolute Gasteiger partial charge is 0.333 e. The molecule has 1 rings (SSSR count). The number of alkyl halides is 1. The molecule has 2 N–H and O–H groups in total. The van der Waals surface area contributed by atoms with E-state index in [9.17, 15) is 10.1 Å². The van der Waals surface area contributed by atoms with Crippen molar-refractivity contribution in [2.24, 2.45) is 0 Å². The third-order valence-electron chi connectivity index (χ3n) is 1.24. The molecule has 0 amide bonds. The van der Waals surface area contributed by atoms with Crippen LogP contribution in [0.15, 0.2) is 6.33 Å². The van der Waals surface area contributed by atoms with E-state index in [1.54, 1.807) is 0 Å². The lowest BCUT2D eigenvalue weighted by Crippen LogP contribution is -2.03. The highest BCUT2D eigenvalue weighted by molar-refractivity contribution is 6.17. The van der Waals surface area contributed by atoms with Crippen molar-refractivity contribution in [1.82, 2.24) is 9.97 Å². The number of aromatic nitrogens is 2. The Balaban J connectivity index is 3.29. The zero-order valence-corrected chi connectivity index (χ0v) is 6.65. The molecule has 0 aliphatic carbocycles. The maximum atomic E-state index is 10.4. The van der Waals surface area contributed by atoms with E-state index < -0.39 is 4.92 Å². The number of nitrogens with two attached hydrogens (primary N) is 1. The lowest BCUT2D eigenvalue weighted by Gasteiger charge is -1.98. The molecule has 0 aliphatic heterocycles. The molecule has 0 unspecified atom stereocenters. The Hall–Kier alpha value is -1.43. The van der Waals surface area contributed by atoms with Crippen molar-refractivity contribution in [3.8, 4) is 0 Å². The maximum absolute atomic E-state index is 10.4. The number of anilines is 1.